The topological polar surface area (TPSA) is 15.3 Å². The third kappa shape index (κ3) is 3.29. The molecule has 0 aliphatic carbocycles. The molecule has 76 valence electrons. The number of nitrogens with one attached hydrogen (secondary N) is 1. The Hall–Kier alpha value is -0.660. The van der Waals surface area contributed by atoms with Gasteiger partial charge in [-0.1, -0.05) is 27.7 Å². The van der Waals surface area contributed by atoms with Crippen molar-refractivity contribution < 1.29 is 0 Å². The van der Waals surface area contributed by atoms with Gasteiger partial charge in [0.15, 0.2) is 0 Å². The summed E-state index contributed by atoms with van der Waals surface area (Å²) in [6.07, 6.45) is 6.68. The van der Waals surface area contributed by atoms with Crippen LogP contribution in [0, 0.1) is 5.41 Å². The molecule has 0 saturated carbocycles. The van der Waals surface area contributed by atoms with E-state index in [-0.39, 0.29) is 0 Å². The Bertz CT molecular complexity index is 179. The quantitative estimate of drug-likeness (QED) is 0.721. The van der Waals surface area contributed by atoms with Crippen LogP contribution >= 0.6 is 0 Å². The van der Waals surface area contributed by atoms with Crippen molar-refractivity contribution in [3.8, 4) is 0 Å². The van der Waals surface area contributed by atoms with Crippen molar-refractivity contribution in [2.45, 2.75) is 46.6 Å². The van der Waals surface area contributed by atoms with Gasteiger partial charge in [-0.15, -0.1) is 0 Å². The first-order chi connectivity index (χ1) is 6.03. The van der Waals surface area contributed by atoms with E-state index in [1.807, 2.05) is 6.20 Å². The molecule has 0 amide bonds. The highest BCUT2D eigenvalue weighted by Crippen LogP contribution is 2.25. The zero-order valence-corrected chi connectivity index (χ0v) is 9.30. The normalized spacial score (nSPS) is 18.9. The molecule has 0 aromatic rings. The molecule has 1 unspecified atom stereocenters. The summed E-state index contributed by atoms with van der Waals surface area (Å²) in [6.45, 7) is 10.2. The fraction of sp³-hybridized carbons (Fsp3) is 0.818. The summed E-state index contributed by atoms with van der Waals surface area (Å²) in [5.74, 6) is 0. The zero-order valence-electron chi connectivity index (χ0n) is 9.30. The van der Waals surface area contributed by atoms with E-state index >= 15 is 0 Å². The van der Waals surface area contributed by atoms with E-state index in [4.69, 9.17) is 0 Å². The van der Waals surface area contributed by atoms with Gasteiger partial charge in [0.05, 0.1) is 6.67 Å². The monoisotopic (exact) mass is 182 g/mol. The minimum absolute atomic E-state index is 0.428. The smallest absolute Gasteiger partial charge is 0.0870 e. The summed E-state index contributed by atoms with van der Waals surface area (Å²) in [7, 11) is 0. The molecule has 1 rings (SSSR count). The number of nitrogens with zero attached hydrogens (tertiary/aromatic N) is 1. The maximum Gasteiger partial charge on any atom is 0.0870 e. The van der Waals surface area contributed by atoms with Crippen molar-refractivity contribution in [3.63, 3.8) is 0 Å². The summed E-state index contributed by atoms with van der Waals surface area (Å²) in [4.78, 5) is 2.39. The molecule has 0 aromatic carbocycles. The predicted molar refractivity (Wildman–Crippen MR) is 57.1 cm³/mol. The molecule has 0 spiro atoms. The molecule has 1 atom stereocenters. The average molecular weight is 182 g/mol. The molecule has 2 nitrogen and oxygen atoms in total. The Morgan fingerprint density at radius 3 is 2.54 bits per heavy atom. The van der Waals surface area contributed by atoms with E-state index in [9.17, 15) is 0 Å². The largest absolute Gasteiger partial charge is 0.373 e. The lowest BCUT2D eigenvalue weighted by Crippen LogP contribution is -2.34. The minimum atomic E-state index is 0.428. The summed E-state index contributed by atoms with van der Waals surface area (Å²) in [6, 6.07) is 0.686. The van der Waals surface area contributed by atoms with Gasteiger partial charge in [-0.3, -0.25) is 0 Å². The molecule has 0 radical (unpaired) electrons. The van der Waals surface area contributed by atoms with Gasteiger partial charge in [0.2, 0.25) is 0 Å². The van der Waals surface area contributed by atoms with Crippen molar-refractivity contribution in [1.29, 1.82) is 0 Å². The zero-order chi connectivity index (χ0) is 9.90. The molecule has 0 aromatic heterocycles. The lowest BCUT2D eigenvalue weighted by atomic mass is 9.87. The van der Waals surface area contributed by atoms with Gasteiger partial charge in [-0.2, -0.15) is 0 Å². The van der Waals surface area contributed by atoms with E-state index in [0.29, 0.717) is 11.5 Å². The van der Waals surface area contributed by atoms with Gasteiger partial charge in [0, 0.05) is 18.4 Å². The van der Waals surface area contributed by atoms with Gasteiger partial charge in [0.25, 0.3) is 0 Å². The molecular formula is C11H22N2. The molecule has 13 heavy (non-hydrogen) atoms. The summed E-state index contributed by atoms with van der Waals surface area (Å²) in [5.41, 5.74) is 0.428. The third-order valence-corrected chi connectivity index (χ3v) is 2.45. The highest BCUT2D eigenvalue weighted by Gasteiger charge is 2.22. The first kappa shape index (κ1) is 10.4. The second-order valence-electron chi connectivity index (χ2n) is 5.02. The van der Waals surface area contributed by atoms with E-state index in [1.165, 1.54) is 12.8 Å². The Labute approximate surface area is 82.0 Å². The molecule has 1 aliphatic heterocycles. The molecule has 1 N–H and O–H groups in total. The molecule has 0 saturated heterocycles. The fourth-order valence-electron chi connectivity index (χ4n) is 1.81. The van der Waals surface area contributed by atoms with Gasteiger partial charge in [-0.05, 0) is 18.3 Å². The maximum atomic E-state index is 3.22. The predicted octanol–water partition coefficient (Wildman–Crippen LogP) is 2.54. The molecule has 1 heterocycles. The Morgan fingerprint density at radius 1 is 1.46 bits per heavy atom. The van der Waals surface area contributed by atoms with E-state index in [2.05, 4.69) is 44.1 Å². The fourth-order valence-corrected chi connectivity index (χ4v) is 1.81. The van der Waals surface area contributed by atoms with Gasteiger partial charge in [-0.25, -0.2) is 0 Å². The summed E-state index contributed by atoms with van der Waals surface area (Å²) in [5, 5.41) is 3.22. The van der Waals surface area contributed by atoms with Crippen LogP contribution in [0.1, 0.15) is 40.5 Å². The lowest BCUT2D eigenvalue weighted by Gasteiger charge is -2.32. The second kappa shape index (κ2) is 4.03. The minimum Gasteiger partial charge on any atom is -0.373 e. The summed E-state index contributed by atoms with van der Waals surface area (Å²) >= 11 is 0. The van der Waals surface area contributed by atoms with E-state index < -0.39 is 0 Å². The molecule has 0 fully saturated rings. The van der Waals surface area contributed by atoms with Crippen molar-refractivity contribution in [2.24, 2.45) is 5.41 Å². The second-order valence-corrected chi connectivity index (χ2v) is 5.02. The number of hydrogen-bond donors (Lipinski definition) is 1. The van der Waals surface area contributed by atoms with Gasteiger partial charge < -0.3 is 10.2 Å². The van der Waals surface area contributed by atoms with E-state index in [1.54, 1.807) is 0 Å². The highest BCUT2D eigenvalue weighted by atomic mass is 15.3. The Kier molecular flexibility index (Phi) is 3.23. The van der Waals surface area contributed by atoms with Crippen LogP contribution in [-0.2, 0) is 0 Å². The molecule has 0 bridgehead atoms. The van der Waals surface area contributed by atoms with Crippen LogP contribution in [-0.4, -0.2) is 17.6 Å². The SMILES string of the molecule is CCC(CC(C)(C)C)N1C=CNC1. The van der Waals surface area contributed by atoms with Crippen molar-refractivity contribution in [2.75, 3.05) is 6.67 Å². The van der Waals surface area contributed by atoms with Crippen LogP contribution in [0.15, 0.2) is 12.4 Å². The molecular weight excluding hydrogens is 160 g/mol. The van der Waals surface area contributed by atoms with Crippen LogP contribution in [0.4, 0.5) is 0 Å². The third-order valence-electron chi connectivity index (χ3n) is 2.45. The first-order valence-electron chi connectivity index (χ1n) is 5.19. The number of rotatable bonds is 3. The first-order valence-corrected chi connectivity index (χ1v) is 5.19. The Morgan fingerprint density at radius 2 is 2.15 bits per heavy atom. The van der Waals surface area contributed by atoms with Crippen molar-refractivity contribution in [1.82, 2.24) is 10.2 Å². The van der Waals surface area contributed by atoms with E-state index in [0.717, 1.165) is 6.67 Å². The standard InChI is InChI=1S/C11H22N2/c1-5-10(8-11(2,3)4)13-7-6-12-9-13/h6-7,10,12H,5,8-9H2,1-4H3. The van der Waals surface area contributed by atoms with Crippen LogP contribution in [0.5, 0.6) is 0 Å². The van der Waals surface area contributed by atoms with Crippen LogP contribution in [0.25, 0.3) is 0 Å². The van der Waals surface area contributed by atoms with Gasteiger partial charge >= 0.3 is 0 Å². The maximum absolute atomic E-state index is 3.22. The van der Waals surface area contributed by atoms with Gasteiger partial charge in [0.1, 0.15) is 0 Å². The highest BCUT2D eigenvalue weighted by molar-refractivity contribution is 4.92. The Balaban J connectivity index is 2.47. The molecule has 1 aliphatic rings. The molecule has 2 heteroatoms. The lowest BCUT2D eigenvalue weighted by molar-refractivity contribution is 0.202. The van der Waals surface area contributed by atoms with Crippen LogP contribution < -0.4 is 5.32 Å². The van der Waals surface area contributed by atoms with Crippen LogP contribution in [0.3, 0.4) is 0 Å². The van der Waals surface area contributed by atoms with Crippen molar-refractivity contribution in [3.05, 3.63) is 12.4 Å². The average Bonchev–Trinajstić information content (AvgIpc) is 2.50. The van der Waals surface area contributed by atoms with Crippen molar-refractivity contribution >= 4 is 0 Å². The summed E-state index contributed by atoms with van der Waals surface area (Å²) < 4.78 is 0. The number of hydrogen-bond acceptors (Lipinski definition) is 2. The van der Waals surface area contributed by atoms with Crippen LogP contribution in [0.2, 0.25) is 0 Å².